The molecule has 2 fully saturated rings. The Hall–Kier alpha value is -0.650. The first-order valence-electron chi connectivity index (χ1n) is 8.52. The van der Waals surface area contributed by atoms with Gasteiger partial charge >= 0.3 is 0 Å². The fourth-order valence-corrected chi connectivity index (χ4v) is 3.56. The molecular weight excluding hydrogens is 266 g/mol. The van der Waals surface area contributed by atoms with Crippen molar-refractivity contribution in [2.45, 2.75) is 51.6 Å². The van der Waals surface area contributed by atoms with E-state index in [2.05, 4.69) is 28.5 Å². The van der Waals surface area contributed by atoms with Gasteiger partial charge in [0.1, 0.15) is 0 Å². The van der Waals surface area contributed by atoms with Crippen LogP contribution in [0.4, 0.5) is 0 Å². The summed E-state index contributed by atoms with van der Waals surface area (Å²) in [5.41, 5.74) is 0. The lowest BCUT2D eigenvalue weighted by Gasteiger charge is -2.38. The molecule has 0 aliphatic carbocycles. The molecule has 0 aromatic heterocycles. The number of aliphatic hydroxyl groups is 1. The zero-order valence-electron chi connectivity index (χ0n) is 13.6. The van der Waals surface area contributed by atoms with Crippen molar-refractivity contribution in [2.24, 2.45) is 0 Å². The fourth-order valence-electron chi connectivity index (χ4n) is 3.56. The van der Waals surface area contributed by atoms with Crippen LogP contribution in [0.25, 0.3) is 0 Å². The summed E-state index contributed by atoms with van der Waals surface area (Å²) in [5.74, 6) is 0.323. The molecule has 0 radical (unpaired) electrons. The highest BCUT2D eigenvalue weighted by molar-refractivity contribution is 5.77. The summed E-state index contributed by atoms with van der Waals surface area (Å²) in [5, 5.41) is 9.36. The smallest absolute Gasteiger partial charge is 0.224 e. The summed E-state index contributed by atoms with van der Waals surface area (Å²) in [4.78, 5) is 19.0. The van der Waals surface area contributed by atoms with E-state index in [1.54, 1.807) is 0 Å². The Morgan fingerprint density at radius 3 is 2.48 bits per heavy atom. The molecule has 2 saturated heterocycles. The molecule has 0 spiro atoms. The van der Waals surface area contributed by atoms with E-state index >= 15 is 0 Å². The Bertz CT molecular complexity index is 325. The molecule has 2 aliphatic heterocycles. The third kappa shape index (κ3) is 4.41. The van der Waals surface area contributed by atoms with Crippen molar-refractivity contribution in [3.8, 4) is 0 Å². The van der Waals surface area contributed by atoms with Crippen LogP contribution in [0.2, 0.25) is 0 Å². The second-order valence-corrected chi connectivity index (χ2v) is 6.45. The fraction of sp³-hybridized carbons (Fsp3) is 0.938. The highest BCUT2D eigenvalue weighted by Gasteiger charge is 2.26. The molecule has 122 valence electrons. The van der Waals surface area contributed by atoms with Gasteiger partial charge < -0.3 is 14.9 Å². The van der Waals surface area contributed by atoms with Crippen molar-refractivity contribution in [3.05, 3.63) is 0 Å². The molecule has 2 unspecified atom stereocenters. The van der Waals surface area contributed by atoms with Crippen molar-refractivity contribution >= 4 is 5.91 Å². The number of hydrogen-bond acceptors (Lipinski definition) is 4. The molecule has 21 heavy (non-hydrogen) atoms. The minimum atomic E-state index is 0.252. The molecule has 2 heterocycles. The normalized spacial score (nSPS) is 26.2. The van der Waals surface area contributed by atoms with Crippen LogP contribution < -0.4 is 0 Å². The van der Waals surface area contributed by atoms with E-state index in [1.807, 2.05) is 0 Å². The maximum Gasteiger partial charge on any atom is 0.224 e. The van der Waals surface area contributed by atoms with Crippen molar-refractivity contribution in [1.29, 1.82) is 0 Å². The quantitative estimate of drug-likeness (QED) is 0.787. The first-order valence-corrected chi connectivity index (χ1v) is 8.52. The number of rotatable bonds is 6. The van der Waals surface area contributed by atoms with E-state index in [1.165, 1.54) is 0 Å². The molecule has 2 atom stereocenters. The van der Waals surface area contributed by atoms with Gasteiger partial charge in [-0.3, -0.25) is 9.69 Å². The Kier molecular flexibility index (Phi) is 6.45. The molecule has 0 saturated carbocycles. The third-order valence-corrected chi connectivity index (χ3v) is 5.12. The van der Waals surface area contributed by atoms with E-state index in [-0.39, 0.29) is 6.61 Å². The van der Waals surface area contributed by atoms with Gasteiger partial charge in [0.25, 0.3) is 0 Å². The van der Waals surface area contributed by atoms with Gasteiger partial charge in [-0.15, -0.1) is 0 Å². The lowest BCUT2D eigenvalue weighted by Crippen LogP contribution is -2.51. The van der Waals surface area contributed by atoms with Gasteiger partial charge in [0.2, 0.25) is 5.91 Å². The first kappa shape index (κ1) is 16.7. The molecular formula is C16H31N3O2. The predicted molar refractivity (Wildman–Crippen MR) is 84.2 cm³/mol. The van der Waals surface area contributed by atoms with Crippen LogP contribution in [0.15, 0.2) is 0 Å². The molecule has 1 N–H and O–H groups in total. The van der Waals surface area contributed by atoms with Crippen molar-refractivity contribution in [3.63, 3.8) is 0 Å². The lowest BCUT2D eigenvalue weighted by molar-refractivity contribution is -0.132. The van der Waals surface area contributed by atoms with E-state index < -0.39 is 0 Å². The lowest BCUT2D eigenvalue weighted by atomic mass is 10.1. The number of piperazine rings is 1. The summed E-state index contributed by atoms with van der Waals surface area (Å²) in [7, 11) is 0. The van der Waals surface area contributed by atoms with Crippen LogP contribution >= 0.6 is 0 Å². The average Bonchev–Trinajstić information content (AvgIpc) is 2.93. The van der Waals surface area contributed by atoms with E-state index in [4.69, 9.17) is 0 Å². The number of aliphatic hydroxyl groups excluding tert-OH is 1. The molecule has 1 amide bonds. The molecule has 5 nitrogen and oxygen atoms in total. The number of amides is 1. The van der Waals surface area contributed by atoms with Crippen LogP contribution in [-0.4, -0.2) is 83.7 Å². The molecule has 2 rings (SSSR count). The standard InChI is InChI=1S/C16H31N3O2/c1-3-15(13-20)18-11-9-17(10-12-18)8-6-16(21)19-7-4-5-14(19)2/h14-15,20H,3-13H2,1-2H3. The van der Waals surface area contributed by atoms with Gasteiger partial charge in [-0.1, -0.05) is 6.92 Å². The summed E-state index contributed by atoms with van der Waals surface area (Å²) in [6, 6.07) is 0.739. The largest absolute Gasteiger partial charge is 0.395 e. The monoisotopic (exact) mass is 297 g/mol. The number of likely N-dealkylation sites (tertiary alicyclic amines) is 1. The number of nitrogens with zero attached hydrogens (tertiary/aromatic N) is 3. The zero-order valence-corrected chi connectivity index (χ0v) is 13.6. The van der Waals surface area contributed by atoms with Crippen LogP contribution in [0.1, 0.15) is 39.5 Å². The summed E-state index contributed by atoms with van der Waals surface area (Å²) in [6.07, 6.45) is 3.97. The number of carbonyl (C=O) groups is 1. The molecule has 0 aromatic rings. The molecule has 0 aromatic carbocycles. The van der Waals surface area contributed by atoms with E-state index in [0.717, 1.165) is 58.5 Å². The maximum absolute atomic E-state index is 12.2. The summed E-state index contributed by atoms with van der Waals surface area (Å²) >= 11 is 0. The molecule has 0 bridgehead atoms. The van der Waals surface area contributed by atoms with Gasteiger partial charge in [-0.2, -0.15) is 0 Å². The van der Waals surface area contributed by atoms with Crippen LogP contribution in [0.5, 0.6) is 0 Å². The molecule has 5 heteroatoms. The highest BCUT2D eigenvalue weighted by atomic mass is 16.3. The summed E-state index contributed by atoms with van der Waals surface area (Å²) in [6.45, 7) is 10.4. The van der Waals surface area contributed by atoms with E-state index in [9.17, 15) is 9.90 Å². The van der Waals surface area contributed by atoms with Gasteiger partial charge in [0, 0.05) is 57.8 Å². The summed E-state index contributed by atoms with van der Waals surface area (Å²) < 4.78 is 0. The molecule has 2 aliphatic rings. The minimum absolute atomic E-state index is 0.252. The van der Waals surface area contributed by atoms with Gasteiger partial charge in [-0.25, -0.2) is 0 Å². The van der Waals surface area contributed by atoms with Crippen LogP contribution in [0.3, 0.4) is 0 Å². The third-order valence-electron chi connectivity index (χ3n) is 5.12. The topological polar surface area (TPSA) is 47.0 Å². The van der Waals surface area contributed by atoms with Gasteiger partial charge in [-0.05, 0) is 26.2 Å². The Labute approximate surface area is 128 Å². The van der Waals surface area contributed by atoms with Crippen LogP contribution in [0, 0.1) is 0 Å². The second kappa shape index (κ2) is 8.11. The Balaban J connectivity index is 1.68. The first-order chi connectivity index (χ1) is 10.2. The van der Waals surface area contributed by atoms with E-state index in [0.29, 0.717) is 24.4 Å². The van der Waals surface area contributed by atoms with Crippen molar-refractivity contribution in [1.82, 2.24) is 14.7 Å². The van der Waals surface area contributed by atoms with Crippen LogP contribution in [-0.2, 0) is 4.79 Å². The Morgan fingerprint density at radius 2 is 1.95 bits per heavy atom. The van der Waals surface area contributed by atoms with Gasteiger partial charge in [0.15, 0.2) is 0 Å². The SMILES string of the molecule is CCC(CO)N1CCN(CCC(=O)N2CCCC2C)CC1. The average molecular weight is 297 g/mol. The highest BCUT2D eigenvalue weighted by Crippen LogP contribution is 2.17. The van der Waals surface area contributed by atoms with Gasteiger partial charge in [0.05, 0.1) is 6.61 Å². The Morgan fingerprint density at radius 1 is 1.24 bits per heavy atom. The van der Waals surface area contributed by atoms with Crippen molar-refractivity contribution in [2.75, 3.05) is 45.9 Å². The second-order valence-electron chi connectivity index (χ2n) is 6.45. The number of hydrogen-bond donors (Lipinski definition) is 1. The predicted octanol–water partition coefficient (Wildman–Crippen LogP) is 0.776. The number of carbonyl (C=O) groups excluding carboxylic acids is 1. The minimum Gasteiger partial charge on any atom is -0.395 e. The zero-order chi connectivity index (χ0) is 15.2. The van der Waals surface area contributed by atoms with Crippen molar-refractivity contribution < 1.29 is 9.90 Å². The maximum atomic E-state index is 12.2.